The van der Waals surface area contributed by atoms with Crippen molar-refractivity contribution in [1.29, 1.82) is 0 Å². The van der Waals surface area contributed by atoms with Gasteiger partial charge in [0.25, 0.3) is 0 Å². The number of allylic oxidation sites excluding steroid dienone is 1. The molecule has 0 saturated heterocycles. The Morgan fingerprint density at radius 2 is 1.47 bits per heavy atom. The van der Waals surface area contributed by atoms with Crippen LogP contribution in [0.3, 0.4) is 0 Å². The normalized spacial score (nSPS) is 19.1. The van der Waals surface area contributed by atoms with Gasteiger partial charge in [-0.15, -0.1) is 48.0 Å². The van der Waals surface area contributed by atoms with Crippen molar-refractivity contribution in [2.75, 3.05) is 0 Å². The zero-order chi connectivity index (χ0) is 11.7. The Labute approximate surface area is 160 Å². The van der Waals surface area contributed by atoms with Crippen molar-refractivity contribution in [2.24, 2.45) is 0 Å². The van der Waals surface area contributed by atoms with E-state index in [1.165, 1.54) is 16.7 Å². The fourth-order valence-corrected chi connectivity index (χ4v) is 3.25. The molecule has 2 aromatic carbocycles. The minimum atomic E-state index is 0. The molecule has 0 saturated carbocycles. The molecule has 3 rings (SSSR count). The van der Waals surface area contributed by atoms with Gasteiger partial charge >= 0.3 is 114 Å². The SMILES string of the molecule is I.I.[Ti][C]1(Cc2ccccc2)C=Cc2ccccc21. The molecule has 0 nitrogen and oxygen atoms in total. The Hall–Kier alpha value is 0.354. The van der Waals surface area contributed by atoms with Crippen LogP contribution in [0.5, 0.6) is 0 Å². The second-order valence-electron chi connectivity index (χ2n) is 4.55. The van der Waals surface area contributed by atoms with Gasteiger partial charge in [-0.3, -0.25) is 0 Å². The molecular weight excluding hydrogens is 494 g/mol. The average molecular weight is 509 g/mol. The fourth-order valence-electron chi connectivity index (χ4n) is 2.44. The summed E-state index contributed by atoms with van der Waals surface area (Å²) in [4.78, 5) is 0. The van der Waals surface area contributed by atoms with Crippen molar-refractivity contribution in [3.63, 3.8) is 0 Å². The Bertz CT molecular complexity index is 566. The summed E-state index contributed by atoms with van der Waals surface area (Å²) in [6, 6.07) is 19.4. The van der Waals surface area contributed by atoms with Crippen LogP contribution in [-0.2, 0) is 30.6 Å². The molecule has 1 atom stereocenters. The molecule has 1 aliphatic carbocycles. The van der Waals surface area contributed by atoms with E-state index in [0.29, 0.717) is 0 Å². The van der Waals surface area contributed by atoms with Gasteiger partial charge in [0.05, 0.1) is 0 Å². The van der Waals surface area contributed by atoms with Crippen molar-refractivity contribution in [3.05, 3.63) is 77.4 Å². The van der Waals surface area contributed by atoms with E-state index >= 15 is 0 Å². The fraction of sp³-hybridized carbons (Fsp3) is 0.125. The van der Waals surface area contributed by atoms with Crippen molar-refractivity contribution in [2.45, 2.75) is 10.1 Å². The molecule has 0 amide bonds. The number of rotatable bonds is 2. The summed E-state index contributed by atoms with van der Waals surface area (Å²) in [5, 5.41) is 0. The number of halogens is 2. The monoisotopic (exact) mass is 509 g/mol. The standard InChI is InChI=1S/C16H13.2HI.Ti/c1-2-6-13(7-3-1)12-15-11-10-14-8-4-5-9-16(14)15;;;/h1-11H,12H2;2*1H;. The Morgan fingerprint density at radius 3 is 2.21 bits per heavy atom. The summed E-state index contributed by atoms with van der Waals surface area (Å²) >= 11 is 2.32. The van der Waals surface area contributed by atoms with E-state index in [9.17, 15) is 0 Å². The van der Waals surface area contributed by atoms with E-state index < -0.39 is 0 Å². The first-order valence-electron chi connectivity index (χ1n) is 5.86. The molecule has 19 heavy (non-hydrogen) atoms. The van der Waals surface area contributed by atoms with Gasteiger partial charge in [-0.1, -0.05) is 0 Å². The summed E-state index contributed by atoms with van der Waals surface area (Å²) in [5.41, 5.74) is 4.21. The molecule has 0 aromatic heterocycles. The molecule has 2 aromatic rings. The van der Waals surface area contributed by atoms with E-state index in [-0.39, 0.29) is 51.7 Å². The minimum absolute atomic E-state index is 0. The Balaban J connectivity index is 0.000000902. The van der Waals surface area contributed by atoms with Crippen molar-refractivity contribution in [3.8, 4) is 0 Å². The second kappa shape index (κ2) is 7.39. The molecule has 3 heteroatoms. The molecule has 1 unspecified atom stereocenters. The van der Waals surface area contributed by atoms with E-state index in [2.05, 4.69) is 87.2 Å². The van der Waals surface area contributed by atoms with Crippen LogP contribution in [0.15, 0.2) is 60.7 Å². The molecular formula is C16H15I2Ti. The maximum absolute atomic E-state index is 2.34. The van der Waals surface area contributed by atoms with Crippen LogP contribution in [0.25, 0.3) is 6.08 Å². The van der Waals surface area contributed by atoms with Crippen LogP contribution in [0.2, 0.25) is 0 Å². The van der Waals surface area contributed by atoms with Gasteiger partial charge in [0.2, 0.25) is 0 Å². The molecule has 0 heterocycles. The summed E-state index contributed by atoms with van der Waals surface area (Å²) in [7, 11) is 0. The van der Waals surface area contributed by atoms with Crippen molar-refractivity contribution in [1.82, 2.24) is 0 Å². The van der Waals surface area contributed by atoms with E-state index in [1.807, 2.05) is 0 Å². The molecule has 1 aliphatic rings. The van der Waals surface area contributed by atoms with Gasteiger partial charge in [0.15, 0.2) is 0 Å². The predicted molar refractivity (Wildman–Crippen MR) is 98.1 cm³/mol. The van der Waals surface area contributed by atoms with Gasteiger partial charge in [0, 0.05) is 0 Å². The van der Waals surface area contributed by atoms with Gasteiger partial charge in [-0.25, -0.2) is 0 Å². The first kappa shape index (κ1) is 17.4. The summed E-state index contributed by atoms with van der Waals surface area (Å²) in [5.74, 6) is 0. The number of hydrogen-bond donors (Lipinski definition) is 0. The quantitative estimate of drug-likeness (QED) is 0.398. The van der Waals surface area contributed by atoms with Crippen LogP contribution < -0.4 is 0 Å². The number of benzene rings is 2. The average Bonchev–Trinajstić information content (AvgIpc) is 2.69. The first-order chi connectivity index (χ1) is 8.28. The number of fused-ring (bicyclic) bond motifs is 1. The van der Waals surface area contributed by atoms with E-state index in [1.54, 1.807) is 0 Å². The Kier molecular flexibility index (Phi) is 6.77. The van der Waals surface area contributed by atoms with Crippen molar-refractivity contribution >= 4 is 54.0 Å². The topological polar surface area (TPSA) is 0 Å². The third-order valence-electron chi connectivity index (χ3n) is 3.31. The molecule has 97 valence electrons. The predicted octanol–water partition coefficient (Wildman–Crippen LogP) is 4.93. The van der Waals surface area contributed by atoms with Crippen molar-refractivity contribution < 1.29 is 20.4 Å². The molecule has 0 fully saturated rings. The summed E-state index contributed by atoms with van der Waals surface area (Å²) in [6.45, 7) is 0. The third kappa shape index (κ3) is 3.71. The zero-order valence-electron chi connectivity index (χ0n) is 10.4. The van der Waals surface area contributed by atoms with Gasteiger partial charge < -0.3 is 0 Å². The van der Waals surface area contributed by atoms with Crippen LogP contribution in [0, 0.1) is 0 Å². The van der Waals surface area contributed by atoms with Crippen LogP contribution in [-0.4, -0.2) is 0 Å². The molecule has 0 aliphatic heterocycles. The van der Waals surface area contributed by atoms with Crippen LogP contribution in [0.1, 0.15) is 16.7 Å². The van der Waals surface area contributed by atoms with Crippen LogP contribution >= 0.6 is 48.0 Å². The zero-order valence-corrected chi connectivity index (χ0v) is 16.6. The molecule has 0 bridgehead atoms. The van der Waals surface area contributed by atoms with Gasteiger partial charge in [-0.2, -0.15) is 0 Å². The maximum atomic E-state index is 2.34. The first-order valence-corrected chi connectivity index (χ1v) is 6.64. The van der Waals surface area contributed by atoms with E-state index in [4.69, 9.17) is 0 Å². The van der Waals surface area contributed by atoms with Crippen LogP contribution in [0.4, 0.5) is 0 Å². The Morgan fingerprint density at radius 1 is 0.842 bits per heavy atom. The molecule has 0 radical (unpaired) electrons. The molecule has 0 spiro atoms. The summed E-state index contributed by atoms with van der Waals surface area (Å²) in [6.07, 6.45) is 5.66. The molecule has 0 N–H and O–H groups in total. The van der Waals surface area contributed by atoms with Gasteiger partial charge in [0.1, 0.15) is 0 Å². The summed E-state index contributed by atoms with van der Waals surface area (Å²) < 4.78 is 0.151. The second-order valence-corrected chi connectivity index (χ2v) is 5.95. The van der Waals surface area contributed by atoms with Gasteiger partial charge in [-0.05, 0) is 0 Å². The van der Waals surface area contributed by atoms with E-state index in [0.717, 1.165) is 6.42 Å². The number of hydrogen-bond acceptors (Lipinski definition) is 0. The third-order valence-corrected chi connectivity index (χ3v) is 4.27.